The van der Waals surface area contributed by atoms with Gasteiger partial charge in [-0.1, -0.05) is 79.9 Å². The summed E-state index contributed by atoms with van der Waals surface area (Å²) in [5.74, 6) is 0. The number of nitrogens with one attached hydrogen (secondary N) is 1. The molecule has 0 aliphatic heterocycles. The number of aliphatic hydroxyl groups is 1. The number of rotatable bonds is 3. The molecule has 2 aliphatic carbocycles. The maximum Gasteiger partial charge on any atom is 0.103 e. The molecule has 0 heterocycles. The minimum atomic E-state index is -0.512. The van der Waals surface area contributed by atoms with Gasteiger partial charge >= 0.3 is 0 Å². The first-order valence-electron chi connectivity index (χ1n) is 9.12. The van der Waals surface area contributed by atoms with Gasteiger partial charge < -0.3 is 10.4 Å². The standard InChI is InChI=1S/C22H25NO/c24-22-19-14-8-7-13-18(19)21(23-17-11-5-2-6-12-17)20(22)15-16-9-3-1-4-10-16/h1,3-4,7-10,13-15,17,21-24H,2,5-6,11-12H2/b20-15-. The molecule has 2 nitrogen and oxygen atoms in total. The van der Waals surface area contributed by atoms with Gasteiger partial charge in [0.1, 0.15) is 6.10 Å². The van der Waals surface area contributed by atoms with Crippen LogP contribution in [-0.2, 0) is 0 Å². The van der Waals surface area contributed by atoms with Crippen LogP contribution in [0.4, 0.5) is 0 Å². The molecule has 2 N–H and O–H groups in total. The lowest BCUT2D eigenvalue weighted by Gasteiger charge is -2.28. The number of fused-ring (bicyclic) bond motifs is 1. The molecule has 0 aromatic heterocycles. The molecule has 2 aliphatic rings. The topological polar surface area (TPSA) is 32.3 Å². The van der Waals surface area contributed by atoms with E-state index in [-0.39, 0.29) is 6.04 Å². The van der Waals surface area contributed by atoms with E-state index in [1.807, 2.05) is 24.3 Å². The third kappa shape index (κ3) is 3.04. The summed E-state index contributed by atoms with van der Waals surface area (Å²) in [6.07, 6.45) is 8.11. The van der Waals surface area contributed by atoms with Crippen molar-refractivity contribution in [2.75, 3.05) is 0 Å². The largest absolute Gasteiger partial charge is 0.384 e. The number of benzene rings is 2. The maximum atomic E-state index is 10.9. The zero-order valence-electron chi connectivity index (χ0n) is 14.0. The highest BCUT2D eigenvalue weighted by atomic mass is 16.3. The second-order valence-corrected chi connectivity index (χ2v) is 7.02. The molecule has 1 fully saturated rings. The first kappa shape index (κ1) is 15.6. The van der Waals surface area contributed by atoms with Crippen LogP contribution in [0.1, 0.15) is 60.9 Å². The molecule has 2 aromatic rings. The summed E-state index contributed by atoms with van der Waals surface area (Å²) >= 11 is 0. The minimum Gasteiger partial charge on any atom is -0.384 e. The van der Waals surface area contributed by atoms with Gasteiger partial charge in [0.15, 0.2) is 0 Å². The van der Waals surface area contributed by atoms with Crippen LogP contribution in [0, 0.1) is 0 Å². The molecule has 4 rings (SSSR count). The molecular weight excluding hydrogens is 294 g/mol. The van der Waals surface area contributed by atoms with E-state index in [0.717, 1.165) is 16.7 Å². The van der Waals surface area contributed by atoms with E-state index < -0.39 is 6.10 Å². The Kier molecular flexibility index (Phi) is 4.50. The van der Waals surface area contributed by atoms with E-state index in [2.05, 4.69) is 41.7 Å². The molecule has 2 heteroatoms. The highest BCUT2D eigenvalue weighted by Gasteiger charge is 2.35. The molecule has 2 atom stereocenters. The Morgan fingerprint density at radius 3 is 2.25 bits per heavy atom. The van der Waals surface area contributed by atoms with Crippen molar-refractivity contribution in [3.8, 4) is 0 Å². The van der Waals surface area contributed by atoms with E-state index in [0.29, 0.717) is 6.04 Å². The molecule has 0 saturated heterocycles. The first-order chi connectivity index (χ1) is 11.8. The summed E-state index contributed by atoms with van der Waals surface area (Å²) in [4.78, 5) is 0. The highest BCUT2D eigenvalue weighted by molar-refractivity contribution is 5.61. The molecule has 2 aromatic carbocycles. The zero-order chi connectivity index (χ0) is 16.4. The van der Waals surface area contributed by atoms with Gasteiger partial charge in [-0.3, -0.25) is 0 Å². The van der Waals surface area contributed by atoms with Crippen LogP contribution in [0.5, 0.6) is 0 Å². The normalized spacial score (nSPS) is 25.8. The van der Waals surface area contributed by atoms with Crippen molar-refractivity contribution in [2.45, 2.75) is 50.3 Å². The summed E-state index contributed by atoms with van der Waals surface area (Å²) in [7, 11) is 0. The summed E-state index contributed by atoms with van der Waals surface area (Å²) in [5.41, 5.74) is 4.51. The fourth-order valence-corrected chi connectivity index (χ4v) is 4.13. The van der Waals surface area contributed by atoms with Crippen molar-refractivity contribution in [3.63, 3.8) is 0 Å². The van der Waals surface area contributed by atoms with Crippen molar-refractivity contribution in [3.05, 3.63) is 76.9 Å². The smallest absolute Gasteiger partial charge is 0.103 e. The van der Waals surface area contributed by atoms with Crippen molar-refractivity contribution in [1.82, 2.24) is 5.32 Å². The average molecular weight is 319 g/mol. The minimum absolute atomic E-state index is 0.125. The van der Waals surface area contributed by atoms with Crippen LogP contribution in [0.15, 0.2) is 60.2 Å². The van der Waals surface area contributed by atoms with E-state index in [9.17, 15) is 5.11 Å². The van der Waals surface area contributed by atoms with Crippen LogP contribution >= 0.6 is 0 Å². The van der Waals surface area contributed by atoms with Crippen LogP contribution in [0.2, 0.25) is 0 Å². The van der Waals surface area contributed by atoms with Gasteiger partial charge in [0.25, 0.3) is 0 Å². The molecule has 24 heavy (non-hydrogen) atoms. The van der Waals surface area contributed by atoms with E-state index >= 15 is 0 Å². The molecule has 124 valence electrons. The highest BCUT2D eigenvalue weighted by Crippen LogP contribution is 2.44. The Bertz CT molecular complexity index is 716. The second-order valence-electron chi connectivity index (χ2n) is 7.02. The molecule has 0 radical (unpaired) electrons. The fraction of sp³-hybridized carbons (Fsp3) is 0.364. The van der Waals surface area contributed by atoms with Crippen LogP contribution in [0.25, 0.3) is 6.08 Å². The lowest BCUT2D eigenvalue weighted by Crippen LogP contribution is -2.34. The summed E-state index contributed by atoms with van der Waals surface area (Å²) in [6.45, 7) is 0. The van der Waals surface area contributed by atoms with Crippen molar-refractivity contribution in [2.24, 2.45) is 0 Å². The fourth-order valence-electron chi connectivity index (χ4n) is 4.13. The van der Waals surface area contributed by atoms with Crippen molar-refractivity contribution >= 4 is 6.08 Å². The van der Waals surface area contributed by atoms with Gasteiger partial charge in [-0.25, -0.2) is 0 Å². The molecular formula is C22H25NO. The molecule has 1 saturated carbocycles. The summed E-state index contributed by atoms with van der Waals surface area (Å²) < 4.78 is 0. The monoisotopic (exact) mass is 319 g/mol. The van der Waals surface area contributed by atoms with Crippen molar-refractivity contribution in [1.29, 1.82) is 0 Å². The van der Waals surface area contributed by atoms with Crippen molar-refractivity contribution < 1.29 is 5.11 Å². The lowest BCUT2D eigenvalue weighted by atomic mass is 9.93. The van der Waals surface area contributed by atoms with Gasteiger partial charge in [-0.2, -0.15) is 0 Å². The Labute approximate surface area is 144 Å². The molecule has 2 unspecified atom stereocenters. The van der Waals surface area contributed by atoms with E-state index in [1.165, 1.54) is 37.7 Å². The van der Waals surface area contributed by atoms with Gasteiger partial charge in [-0.15, -0.1) is 0 Å². The maximum absolute atomic E-state index is 10.9. The number of hydrogen-bond acceptors (Lipinski definition) is 2. The van der Waals surface area contributed by atoms with Gasteiger partial charge in [0, 0.05) is 6.04 Å². The number of hydrogen-bond donors (Lipinski definition) is 2. The quantitative estimate of drug-likeness (QED) is 0.853. The second kappa shape index (κ2) is 6.92. The predicted molar refractivity (Wildman–Crippen MR) is 98.6 cm³/mol. The number of aliphatic hydroxyl groups excluding tert-OH is 1. The van der Waals surface area contributed by atoms with Gasteiger partial charge in [0.2, 0.25) is 0 Å². The lowest BCUT2D eigenvalue weighted by molar-refractivity contribution is 0.215. The average Bonchev–Trinajstić information content (AvgIpc) is 2.90. The van der Waals surface area contributed by atoms with Crippen LogP contribution in [-0.4, -0.2) is 11.1 Å². The SMILES string of the molecule is OC1/C(=C\c2ccccc2)C(NC2CCCCC2)c2ccccc21. The Morgan fingerprint density at radius 1 is 0.833 bits per heavy atom. The summed E-state index contributed by atoms with van der Waals surface area (Å²) in [6, 6.07) is 19.3. The molecule has 0 spiro atoms. The Balaban J connectivity index is 1.69. The predicted octanol–water partition coefficient (Wildman–Crippen LogP) is 4.78. The van der Waals surface area contributed by atoms with Crippen LogP contribution in [0.3, 0.4) is 0 Å². The first-order valence-corrected chi connectivity index (χ1v) is 9.12. The van der Waals surface area contributed by atoms with Crippen LogP contribution < -0.4 is 5.32 Å². The molecule has 0 amide bonds. The van der Waals surface area contributed by atoms with E-state index in [1.54, 1.807) is 0 Å². The zero-order valence-corrected chi connectivity index (χ0v) is 14.0. The van der Waals surface area contributed by atoms with Gasteiger partial charge in [-0.05, 0) is 35.1 Å². The Morgan fingerprint density at radius 2 is 1.50 bits per heavy atom. The third-order valence-electron chi connectivity index (χ3n) is 5.39. The molecule has 0 bridgehead atoms. The Hall–Kier alpha value is -1.90. The van der Waals surface area contributed by atoms with Gasteiger partial charge in [0.05, 0.1) is 6.04 Å². The van der Waals surface area contributed by atoms with E-state index in [4.69, 9.17) is 0 Å². The third-order valence-corrected chi connectivity index (χ3v) is 5.39. The summed E-state index contributed by atoms with van der Waals surface area (Å²) in [5, 5.41) is 14.7.